The Kier molecular flexibility index (Phi) is 6.99. The van der Waals surface area contributed by atoms with E-state index in [9.17, 15) is 9.59 Å². The van der Waals surface area contributed by atoms with Gasteiger partial charge in [0, 0.05) is 18.5 Å². The Bertz CT molecular complexity index is 323. The van der Waals surface area contributed by atoms with Crippen molar-refractivity contribution in [3.63, 3.8) is 0 Å². The van der Waals surface area contributed by atoms with Crippen LogP contribution in [0, 0.1) is 11.8 Å². The van der Waals surface area contributed by atoms with E-state index in [1.165, 1.54) is 0 Å². The predicted molar refractivity (Wildman–Crippen MR) is 78.5 cm³/mol. The van der Waals surface area contributed by atoms with Crippen LogP contribution in [0.4, 0.5) is 0 Å². The number of hydrogen-bond acceptors (Lipinski definition) is 3. The Morgan fingerprint density at radius 3 is 2.25 bits per heavy atom. The maximum atomic E-state index is 12.0. The third-order valence-electron chi connectivity index (χ3n) is 4.32. The molecule has 20 heavy (non-hydrogen) atoms. The largest absolute Gasteiger partial charge is 0.481 e. The molecule has 0 aromatic heterocycles. The lowest BCUT2D eigenvalue weighted by atomic mass is 9.81. The van der Waals surface area contributed by atoms with Crippen LogP contribution in [0.2, 0.25) is 0 Å². The van der Waals surface area contributed by atoms with Crippen molar-refractivity contribution >= 4 is 11.9 Å². The number of hydrogen-bond donors (Lipinski definition) is 2. The third kappa shape index (κ3) is 5.49. The molecule has 0 radical (unpaired) electrons. The van der Waals surface area contributed by atoms with Crippen molar-refractivity contribution < 1.29 is 14.7 Å². The average Bonchev–Trinajstić information content (AvgIpc) is 2.43. The molecule has 1 rings (SSSR count). The molecule has 0 atom stereocenters. The molecule has 1 saturated carbocycles. The zero-order valence-electron chi connectivity index (χ0n) is 12.9. The van der Waals surface area contributed by atoms with Gasteiger partial charge in [-0.25, -0.2) is 0 Å². The Labute approximate surface area is 121 Å². The minimum absolute atomic E-state index is 0.00780. The third-order valence-corrected chi connectivity index (χ3v) is 4.32. The Balaban J connectivity index is 2.16. The van der Waals surface area contributed by atoms with Gasteiger partial charge in [0.05, 0.1) is 5.92 Å². The van der Waals surface area contributed by atoms with Gasteiger partial charge < -0.3 is 15.3 Å². The summed E-state index contributed by atoms with van der Waals surface area (Å²) in [5, 5.41) is 11.9. The Morgan fingerprint density at radius 2 is 1.75 bits per heavy atom. The van der Waals surface area contributed by atoms with Gasteiger partial charge in [0.1, 0.15) is 0 Å². The van der Waals surface area contributed by atoms with Gasteiger partial charge >= 0.3 is 5.97 Å². The zero-order valence-corrected chi connectivity index (χ0v) is 12.9. The second-order valence-electron chi connectivity index (χ2n) is 6.11. The highest BCUT2D eigenvalue weighted by molar-refractivity contribution is 5.79. The van der Waals surface area contributed by atoms with Crippen LogP contribution in [-0.4, -0.2) is 48.1 Å². The van der Waals surface area contributed by atoms with E-state index in [0.717, 1.165) is 13.0 Å². The molecule has 0 bridgehead atoms. The quantitative estimate of drug-likeness (QED) is 0.698. The fourth-order valence-corrected chi connectivity index (χ4v) is 2.55. The van der Waals surface area contributed by atoms with Crippen molar-refractivity contribution in [2.24, 2.45) is 11.8 Å². The molecule has 1 aliphatic carbocycles. The first-order chi connectivity index (χ1) is 9.41. The van der Waals surface area contributed by atoms with E-state index >= 15 is 0 Å². The molecule has 5 nitrogen and oxygen atoms in total. The number of nitrogens with zero attached hydrogens (tertiary/aromatic N) is 1. The van der Waals surface area contributed by atoms with Crippen molar-refractivity contribution in [2.75, 3.05) is 20.1 Å². The Hall–Kier alpha value is -1.10. The van der Waals surface area contributed by atoms with E-state index in [1.54, 1.807) is 0 Å². The molecule has 1 aliphatic rings. The van der Waals surface area contributed by atoms with E-state index in [-0.39, 0.29) is 17.7 Å². The highest BCUT2D eigenvalue weighted by Crippen LogP contribution is 2.28. The fraction of sp³-hybridized carbons (Fsp3) is 0.867. The first kappa shape index (κ1) is 17.0. The topological polar surface area (TPSA) is 69.6 Å². The Morgan fingerprint density at radius 1 is 1.20 bits per heavy atom. The maximum Gasteiger partial charge on any atom is 0.306 e. The molecule has 0 spiro atoms. The van der Waals surface area contributed by atoms with Crippen molar-refractivity contribution in [3.8, 4) is 0 Å². The van der Waals surface area contributed by atoms with Crippen LogP contribution in [0.5, 0.6) is 0 Å². The number of carboxylic acids is 1. The SMILES string of the molecule is CC(C)N(C)CCCNC(=O)C1CCC(C(=O)O)CC1. The highest BCUT2D eigenvalue weighted by Gasteiger charge is 2.29. The lowest BCUT2D eigenvalue weighted by molar-refractivity contribution is -0.144. The molecule has 0 saturated heterocycles. The lowest BCUT2D eigenvalue weighted by Crippen LogP contribution is -2.36. The normalized spacial score (nSPS) is 23.1. The number of nitrogens with one attached hydrogen (secondary N) is 1. The predicted octanol–water partition coefficient (Wildman–Crippen LogP) is 1.72. The number of aliphatic carboxylic acids is 1. The number of amides is 1. The van der Waals surface area contributed by atoms with Crippen molar-refractivity contribution in [3.05, 3.63) is 0 Å². The lowest BCUT2D eigenvalue weighted by Gasteiger charge is -2.25. The number of rotatable bonds is 7. The van der Waals surface area contributed by atoms with E-state index in [0.29, 0.717) is 38.3 Å². The summed E-state index contributed by atoms with van der Waals surface area (Å²) in [4.78, 5) is 25.1. The molecule has 5 heteroatoms. The molecular weight excluding hydrogens is 256 g/mol. The van der Waals surface area contributed by atoms with Crippen LogP contribution < -0.4 is 5.32 Å². The summed E-state index contributed by atoms with van der Waals surface area (Å²) < 4.78 is 0. The van der Waals surface area contributed by atoms with E-state index in [4.69, 9.17) is 5.11 Å². The standard InChI is InChI=1S/C15H28N2O3/c1-11(2)17(3)10-4-9-16-14(18)12-5-7-13(8-6-12)15(19)20/h11-13H,4-10H2,1-3H3,(H,16,18)(H,19,20). The van der Waals surface area contributed by atoms with E-state index < -0.39 is 5.97 Å². The van der Waals surface area contributed by atoms with Crippen molar-refractivity contribution in [1.82, 2.24) is 10.2 Å². The van der Waals surface area contributed by atoms with Crippen molar-refractivity contribution in [1.29, 1.82) is 0 Å². The average molecular weight is 284 g/mol. The van der Waals surface area contributed by atoms with Crippen LogP contribution in [0.15, 0.2) is 0 Å². The first-order valence-electron chi connectivity index (χ1n) is 7.62. The van der Waals surface area contributed by atoms with Crippen LogP contribution in [0.25, 0.3) is 0 Å². The van der Waals surface area contributed by atoms with Crippen LogP contribution in [0.1, 0.15) is 46.0 Å². The number of carbonyl (C=O) groups is 2. The zero-order chi connectivity index (χ0) is 15.1. The molecule has 1 fully saturated rings. The van der Waals surface area contributed by atoms with Crippen LogP contribution >= 0.6 is 0 Å². The molecule has 0 aromatic carbocycles. The summed E-state index contributed by atoms with van der Waals surface area (Å²) in [6.45, 7) is 5.98. The smallest absolute Gasteiger partial charge is 0.306 e. The van der Waals surface area contributed by atoms with E-state index in [1.807, 2.05) is 0 Å². The molecule has 0 unspecified atom stereocenters. The van der Waals surface area contributed by atoms with Gasteiger partial charge in [0.15, 0.2) is 0 Å². The summed E-state index contributed by atoms with van der Waals surface area (Å²) >= 11 is 0. The molecule has 1 amide bonds. The molecular formula is C15H28N2O3. The first-order valence-corrected chi connectivity index (χ1v) is 7.62. The van der Waals surface area contributed by atoms with Gasteiger partial charge in [-0.15, -0.1) is 0 Å². The van der Waals surface area contributed by atoms with E-state index in [2.05, 4.69) is 31.1 Å². The van der Waals surface area contributed by atoms with Crippen molar-refractivity contribution in [2.45, 2.75) is 52.0 Å². The summed E-state index contributed by atoms with van der Waals surface area (Å²) in [7, 11) is 2.08. The summed E-state index contributed by atoms with van der Waals surface area (Å²) in [5.74, 6) is -0.867. The number of carbonyl (C=O) groups excluding carboxylic acids is 1. The summed E-state index contributed by atoms with van der Waals surface area (Å²) in [6, 6.07) is 0.525. The molecule has 2 N–H and O–H groups in total. The molecule has 116 valence electrons. The second kappa shape index (κ2) is 8.25. The summed E-state index contributed by atoms with van der Waals surface area (Å²) in [5.41, 5.74) is 0. The molecule has 0 aliphatic heterocycles. The molecule has 0 aromatic rings. The minimum atomic E-state index is -0.722. The van der Waals surface area contributed by atoms with Gasteiger partial charge in [0.25, 0.3) is 0 Å². The number of carboxylic acid groups (broad SMARTS) is 1. The fourth-order valence-electron chi connectivity index (χ4n) is 2.55. The van der Waals surface area contributed by atoms with Gasteiger partial charge in [0.2, 0.25) is 5.91 Å². The highest BCUT2D eigenvalue weighted by atomic mass is 16.4. The van der Waals surface area contributed by atoms with Gasteiger partial charge in [-0.05, 0) is 59.5 Å². The minimum Gasteiger partial charge on any atom is -0.481 e. The molecule has 0 heterocycles. The van der Waals surface area contributed by atoms with Gasteiger partial charge in [-0.3, -0.25) is 9.59 Å². The van der Waals surface area contributed by atoms with Crippen LogP contribution in [-0.2, 0) is 9.59 Å². The van der Waals surface area contributed by atoms with Gasteiger partial charge in [-0.1, -0.05) is 0 Å². The van der Waals surface area contributed by atoms with Crippen LogP contribution in [0.3, 0.4) is 0 Å². The monoisotopic (exact) mass is 284 g/mol. The summed E-state index contributed by atoms with van der Waals surface area (Å²) in [6.07, 6.45) is 3.61. The maximum absolute atomic E-state index is 12.0. The second-order valence-corrected chi connectivity index (χ2v) is 6.11. The van der Waals surface area contributed by atoms with Gasteiger partial charge in [-0.2, -0.15) is 0 Å².